The van der Waals surface area contributed by atoms with E-state index in [4.69, 9.17) is 0 Å². The van der Waals surface area contributed by atoms with Crippen LogP contribution in [0.3, 0.4) is 0 Å². The van der Waals surface area contributed by atoms with Crippen molar-refractivity contribution >= 4 is 36.5 Å². The number of aromatic nitrogens is 1. The van der Waals surface area contributed by atoms with Gasteiger partial charge in [0.15, 0.2) is 0 Å². The van der Waals surface area contributed by atoms with Crippen molar-refractivity contribution in [3.8, 4) is 0 Å². The van der Waals surface area contributed by atoms with Gasteiger partial charge in [0.05, 0.1) is 0 Å². The van der Waals surface area contributed by atoms with Gasteiger partial charge in [0.2, 0.25) is 0 Å². The van der Waals surface area contributed by atoms with Gasteiger partial charge >= 0.3 is 6.03 Å². The van der Waals surface area contributed by atoms with Crippen molar-refractivity contribution in [3.63, 3.8) is 0 Å². The number of aryl methyl sites for hydroxylation is 2. The molecule has 3 heterocycles. The molecular weight excluding hydrogens is 383 g/mol. The molecule has 0 saturated carbocycles. The van der Waals surface area contributed by atoms with Crippen LogP contribution in [-0.2, 0) is 12.8 Å². The number of rotatable bonds is 4. The Balaban J connectivity index is 0.00000131. The van der Waals surface area contributed by atoms with Gasteiger partial charge in [-0.15, -0.1) is 24.8 Å². The van der Waals surface area contributed by atoms with Crippen molar-refractivity contribution in [2.45, 2.75) is 12.8 Å². The fourth-order valence-electron chi connectivity index (χ4n) is 3.80. The van der Waals surface area contributed by atoms with Gasteiger partial charge in [-0.2, -0.15) is 0 Å². The number of nitrogens with zero attached hydrogens (tertiary/aromatic N) is 2. The van der Waals surface area contributed by atoms with Crippen LogP contribution in [-0.4, -0.2) is 42.1 Å². The van der Waals surface area contributed by atoms with E-state index in [0.29, 0.717) is 11.8 Å². The lowest BCUT2D eigenvalue weighted by molar-refractivity contribution is 0.219. The molecule has 1 aromatic carbocycles. The van der Waals surface area contributed by atoms with Gasteiger partial charge in [0, 0.05) is 43.8 Å². The maximum atomic E-state index is 12.4. The average molecular weight is 409 g/mol. The minimum Gasteiger partial charge on any atom is -0.324 e. The fourth-order valence-corrected chi connectivity index (χ4v) is 3.80. The Hall–Kier alpha value is -1.82. The molecule has 2 aromatic rings. The molecular formula is C20H26Cl2N4O. The fraction of sp³-hybridized carbons (Fsp3) is 0.400. The van der Waals surface area contributed by atoms with E-state index in [1.54, 1.807) is 0 Å². The zero-order valence-electron chi connectivity index (χ0n) is 15.1. The zero-order valence-corrected chi connectivity index (χ0v) is 16.8. The molecule has 2 saturated heterocycles. The first-order valence-corrected chi connectivity index (χ1v) is 9.03. The molecule has 0 aliphatic carbocycles. The lowest BCUT2D eigenvalue weighted by Gasteiger charge is -2.18. The molecule has 2 amide bonds. The highest BCUT2D eigenvalue weighted by atomic mass is 35.5. The minimum atomic E-state index is 0. The topological polar surface area (TPSA) is 57.3 Å². The average Bonchev–Trinajstić information content (AvgIpc) is 3.24. The summed E-state index contributed by atoms with van der Waals surface area (Å²) < 4.78 is 0. The van der Waals surface area contributed by atoms with Crippen LogP contribution in [0.15, 0.2) is 48.7 Å². The maximum absolute atomic E-state index is 12.4. The highest BCUT2D eigenvalue weighted by Crippen LogP contribution is 2.26. The zero-order chi connectivity index (χ0) is 17.1. The predicted octanol–water partition coefficient (Wildman–Crippen LogP) is 3.39. The third-order valence-electron chi connectivity index (χ3n) is 5.28. The molecule has 0 spiro atoms. The normalized spacial score (nSPS) is 20.4. The molecule has 146 valence electrons. The number of fused-ring (bicyclic) bond motifs is 1. The standard InChI is InChI=1S/C20H24N4O.2ClH/c25-20(24-13-16-11-21-12-17(16)14-24)23-19-8-5-15(6-9-19)4-7-18-3-1-2-10-22-18;;/h1-3,5-6,8-10,16-17,21H,4,7,11-14H2,(H,23,25);2*1H/t16-,17+;;. The minimum absolute atomic E-state index is 0. The van der Waals surface area contributed by atoms with E-state index >= 15 is 0 Å². The van der Waals surface area contributed by atoms with Crippen LogP contribution in [0.25, 0.3) is 0 Å². The van der Waals surface area contributed by atoms with Crippen molar-refractivity contribution in [1.82, 2.24) is 15.2 Å². The van der Waals surface area contributed by atoms with Crippen molar-refractivity contribution in [2.75, 3.05) is 31.5 Å². The highest BCUT2D eigenvalue weighted by Gasteiger charge is 2.38. The Bertz CT molecular complexity index is 715. The smallest absolute Gasteiger partial charge is 0.321 e. The Morgan fingerprint density at radius 2 is 1.74 bits per heavy atom. The summed E-state index contributed by atoms with van der Waals surface area (Å²) in [5, 5.41) is 6.43. The van der Waals surface area contributed by atoms with Gasteiger partial charge < -0.3 is 15.5 Å². The number of halogens is 2. The van der Waals surface area contributed by atoms with Crippen LogP contribution in [0.4, 0.5) is 10.5 Å². The van der Waals surface area contributed by atoms with Crippen molar-refractivity contribution in [3.05, 3.63) is 59.9 Å². The number of hydrogen-bond donors (Lipinski definition) is 2. The molecule has 2 N–H and O–H groups in total. The number of amides is 2. The first kappa shape index (κ1) is 21.5. The molecule has 0 radical (unpaired) electrons. The van der Waals surface area contributed by atoms with Gasteiger partial charge in [-0.3, -0.25) is 4.98 Å². The van der Waals surface area contributed by atoms with Crippen LogP contribution in [0.2, 0.25) is 0 Å². The van der Waals surface area contributed by atoms with Crippen molar-refractivity contribution in [1.29, 1.82) is 0 Å². The Morgan fingerprint density at radius 3 is 2.37 bits per heavy atom. The summed E-state index contributed by atoms with van der Waals surface area (Å²) in [5.74, 6) is 1.25. The summed E-state index contributed by atoms with van der Waals surface area (Å²) >= 11 is 0. The summed E-state index contributed by atoms with van der Waals surface area (Å²) in [6.45, 7) is 3.82. The Kier molecular flexibility index (Phi) is 7.90. The Labute approximate surface area is 172 Å². The van der Waals surface area contributed by atoms with Crippen LogP contribution >= 0.6 is 24.8 Å². The van der Waals surface area contributed by atoms with Gasteiger partial charge in [0.1, 0.15) is 0 Å². The van der Waals surface area contributed by atoms with E-state index in [1.807, 2.05) is 35.4 Å². The Morgan fingerprint density at radius 1 is 1.04 bits per heavy atom. The summed E-state index contributed by atoms with van der Waals surface area (Å²) in [6.07, 6.45) is 3.71. The molecule has 2 aliphatic rings. The number of pyridine rings is 1. The summed E-state index contributed by atoms with van der Waals surface area (Å²) in [6, 6.07) is 14.2. The second-order valence-electron chi connectivity index (χ2n) is 7.03. The number of anilines is 1. The molecule has 27 heavy (non-hydrogen) atoms. The molecule has 0 bridgehead atoms. The van der Waals surface area contributed by atoms with Gasteiger partial charge in [-0.05, 0) is 54.5 Å². The van der Waals surface area contributed by atoms with E-state index in [9.17, 15) is 4.79 Å². The number of nitrogens with one attached hydrogen (secondary N) is 2. The van der Waals surface area contributed by atoms with Crippen molar-refractivity contribution < 1.29 is 4.79 Å². The van der Waals surface area contributed by atoms with Crippen LogP contribution in [0.5, 0.6) is 0 Å². The number of benzene rings is 1. The van der Waals surface area contributed by atoms with E-state index in [-0.39, 0.29) is 30.8 Å². The maximum Gasteiger partial charge on any atom is 0.321 e. The first-order chi connectivity index (χ1) is 12.3. The van der Waals surface area contributed by atoms with Crippen LogP contribution in [0.1, 0.15) is 11.3 Å². The SMILES string of the molecule is Cl.Cl.O=C(Nc1ccc(CCc2ccccn2)cc1)N1C[C@H]2CNC[C@H]2C1. The molecule has 2 atom stereocenters. The van der Waals surface area contributed by atoms with Crippen LogP contribution < -0.4 is 10.6 Å². The number of urea groups is 1. The van der Waals surface area contributed by atoms with Gasteiger partial charge in [-0.1, -0.05) is 18.2 Å². The molecule has 1 aromatic heterocycles. The monoisotopic (exact) mass is 408 g/mol. The quantitative estimate of drug-likeness (QED) is 0.814. The predicted molar refractivity (Wildman–Crippen MR) is 113 cm³/mol. The number of likely N-dealkylation sites (tertiary alicyclic amines) is 1. The summed E-state index contributed by atoms with van der Waals surface area (Å²) in [7, 11) is 0. The molecule has 5 nitrogen and oxygen atoms in total. The molecule has 0 unspecified atom stereocenters. The number of carbonyl (C=O) groups excluding carboxylic acids is 1. The second kappa shape index (κ2) is 9.93. The highest BCUT2D eigenvalue weighted by molar-refractivity contribution is 5.89. The third-order valence-corrected chi connectivity index (χ3v) is 5.28. The van der Waals surface area contributed by atoms with E-state index < -0.39 is 0 Å². The molecule has 4 rings (SSSR count). The third kappa shape index (κ3) is 5.34. The lowest BCUT2D eigenvalue weighted by atomic mass is 10.0. The number of carbonyl (C=O) groups is 1. The van der Waals surface area contributed by atoms with Crippen molar-refractivity contribution in [2.24, 2.45) is 11.8 Å². The summed E-state index contributed by atoms with van der Waals surface area (Å²) in [4.78, 5) is 18.7. The van der Waals surface area contributed by atoms with E-state index in [1.165, 1.54) is 5.56 Å². The molecule has 2 fully saturated rings. The van der Waals surface area contributed by atoms with E-state index in [0.717, 1.165) is 50.4 Å². The largest absolute Gasteiger partial charge is 0.324 e. The lowest BCUT2D eigenvalue weighted by Crippen LogP contribution is -2.35. The molecule has 7 heteroatoms. The number of hydrogen-bond acceptors (Lipinski definition) is 3. The second-order valence-corrected chi connectivity index (χ2v) is 7.03. The summed E-state index contributed by atoms with van der Waals surface area (Å²) in [5.41, 5.74) is 3.22. The van der Waals surface area contributed by atoms with Gasteiger partial charge in [-0.25, -0.2) is 4.79 Å². The first-order valence-electron chi connectivity index (χ1n) is 9.03. The van der Waals surface area contributed by atoms with Crippen LogP contribution in [0, 0.1) is 11.8 Å². The van der Waals surface area contributed by atoms with Gasteiger partial charge in [0.25, 0.3) is 0 Å². The van der Waals surface area contributed by atoms with E-state index in [2.05, 4.69) is 33.8 Å². The molecule has 2 aliphatic heterocycles.